The predicted octanol–water partition coefficient (Wildman–Crippen LogP) is 3.06. The second-order valence-electron chi connectivity index (χ2n) is 7.67. The van der Waals surface area contributed by atoms with Gasteiger partial charge in [0.05, 0.1) is 0 Å². The number of urea groups is 1. The molecule has 2 unspecified atom stereocenters. The highest BCUT2D eigenvalue weighted by Gasteiger charge is 2.36. The highest BCUT2D eigenvalue weighted by atomic mass is 19.1. The number of carbonyl (C=O) groups is 2. The van der Waals surface area contributed by atoms with Crippen LogP contribution in [0.5, 0.6) is 0 Å². The Hall–Kier alpha value is -2.93. The van der Waals surface area contributed by atoms with E-state index in [0.29, 0.717) is 25.3 Å². The Bertz CT molecular complexity index is 857. The fourth-order valence-corrected chi connectivity index (χ4v) is 3.63. The largest absolute Gasteiger partial charge is 0.340 e. The van der Waals surface area contributed by atoms with E-state index < -0.39 is 17.4 Å². The number of hydrogen-bond acceptors (Lipinski definition) is 3. The van der Waals surface area contributed by atoms with Gasteiger partial charge in [-0.25, -0.2) is 9.18 Å². The Morgan fingerprint density at radius 2 is 1.97 bits per heavy atom. The first-order valence-electron chi connectivity index (χ1n) is 9.80. The van der Waals surface area contributed by atoms with Crippen LogP contribution >= 0.6 is 0 Å². The van der Waals surface area contributed by atoms with Gasteiger partial charge in [0.25, 0.3) is 0 Å². The zero-order valence-electron chi connectivity index (χ0n) is 16.5. The van der Waals surface area contributed by atoms with Crippen LogP contribution in [-0.2, 0) is 10.3 Å². The summed E-state index contributed by atoms with van der Waals surface area (Å²) in [6.45, 7) is 3.36. The van der Waals surface area contributed by atoms with Crippen molar-refractivity contribution in [2.24, 2.45) is 11.7 Å². The monoisotopic (exact) mass is 398 g/mol. The van der Waals surface area contributed by atoms with Crippen molar-refractivity contribution in [1.29, 1.82) is 0 Å². The molecule has 0 radical (unpaired) electrons. The highest BCUT2D eigenvalue weighted by molar-refractivity contribution is 5.89. The van der Waals surface area contributed by atoms with E-state index in [1.807, 2.05) is 30.3 Å². The molecule has 3 amide bonds. The molecule has 0 aliphatic carbocycles. The van der Waals surface area contributed by atoms with Gasteiger partial charge in [-0.15, -0.1) is 0 Å². The minimum Gasteiger partial charge on any atom is -0.340 e. The van der Waals surface area contributed by atoms with Crippen molar-refractivity contribution >= 4 is 17.6 Å². The molecule has 1 aliphatic rings. The third-order valence-electron chi connectivity index (χ3n) is 5.26. The molecule has 1 heterocycles. The van der Waals surface area contributed by atoms with Crippen molar-refractivity contribution in [3.8, 4) is 0 Å². The Morgan fingerprint density at radius 1 is 1.21 bits per heavy atom. The van der Waals surface area contributed by atoms with Crippen molar-refractivity contribution in [3.05, 3.63) is 66.0 Å². The smallest absolute Gasteiger partial charge is 0.319 e. The first kappa shape index (κ1) is 20.8. The number of anilines is 1. The van der Waals surface area contributed by atoms with Crippen LogP contribution in [0.25, 0.3) is 0 Å². The molecule has 4 N–H and O–H groups in total. The van der Waals surface area contributed by atoms with Crippen molar-refractivity contribution < 1.29 is 14.0 Å². The van der Waals surface area contributed by atoms with Gasteiger partial charge in [-0.3, -0.25) is 4.79 Å². The van der Waals surface area contributed by atoms with E-state index in [9.17, 15) is 14.0 Å². The lowest BCUT2D eigenvalue weighted by atomic mass is 9.89. The van der Waals surface area contributed by atoms with E-state index in [-0.39, 0.29) is 11.8 Å². The number of nitrogens with two attached hydrogens (primary N) is 1. The van der Waals surface area contributed by atoms with Gasteiger partial charge in [0, 0.05) is 25.3 Å². The number of likely N-dealkylation sites (tertiary alicyclic amines) is 1. The SMILES string of the molecule is CC(N)(C(=O)N1CCCC(CNC(=O)Nc2cccc(F)c2)C1)c1ccccc1. The average Bonchev–Trinajstić information content (AvgIpc) is 2.72. The molecule has 1 fully saturated rings. The number of piperidine rings is 1. The molecule has 2 atom stereocenters. The molecule has 6 nitrogen and oxygen atoms in total. The Labute approximate surface area is 170 Å². The summed E-state index contributed by atoms with van der Waals surface area (Å²) in [7, 11) is 0. The van der Waals surface area contributed by atoms with E-state index in [4.69, 9.17) is 5.73 Å². The lowest BCUT2D eigenvalue weighted by Gasteiger charge is -2.37. The minimum atomic E-state index is -1.09. The molecule has 0 aromatic heterocycles. The molecule has 2 aromatic rings. The Balaban J connectivity index is 1.53. The first-order valence-corrected chi connectivity index (χ1v) is 9.80. The van der Waals surface area contributed by atoms with E-state index in [2.05, 4.69) is 10.6 Å². The molecular formula is C22H27FN4O2. The number of hydrogen-bond donors (Lipinski definition) is 3. The van der Waals surface area contributed by atoms with Gasteiger partial charge in [0.1, 0.15) is 11.4 Å². The second-order valence-corrected chi connectivity index (χ2v) is 7.67. The van der Waals surface area contributed by atoms with E-state index in [1.165, 1.54) is 18.2 Å². The Kier molecular flexibility index (Phi) is 6.49. The molecule has 0 bridgehead atoms. The quantitative estimate of drug-likeness (QED) is 0.723. The molecule has 3 rings (SSSR count). The third kappa shape index (κ3) is 5.32. The fourth-order valence-electron chi connectivity index (χ4n) is 3.63. The summed E-state index contributed by atoms with van der Waals surface area (Å²) >= 11 is 0. The lowest BCUT2D eigenvalue weighted by molar-refractivity contribution is -0.138. The van der Waals surface area contributed by atoms with Crippen LogP contribution in [0.3, 0.4) is 0 Å². The summed E-state index contributed by atoms with van der Waals surface area (Å²) in [5, 5.41) is 5.42. The van der Waals surface area contributed by atoms with Crippen LogP contribution in [0.4, 0.5) is 14.9 Å². The molecule has 154 valence electrons. The number of amides is 3. The molecule has 1 aliphatic heterocycles. The number of benzene rings is 2. The molecule has 2 aromatic carbocycles. The van der Waals surface area contributed by atoms with Crippen LogP contribution in [0.2, 0.25) is 0 Å². The maximum absolute atomic E-state index is 13.2. The van der Waals surface area contributed by atoms with Crippen LogP contribution in [0.15, 0.2) is 54.6 Å². The van der Waals surface area contributed by atoms with E-state index in [1.54, 1.807) is 17.9 Å². The summed E-state index contributed by atoms with van der Waals surface area (Å²) in [4.78, 5) is 26.9. The number of nitrogens with zero attached hydrogens (tertiary/aromatic N) is 1. The van der Waals surface area contributed by atoms with Crippen molar-refractivity contribution in [2.45, 2.75) is 25.3 Å². The Morgan fingerprint density at radius 3 is 2.69 bits per heavy atom. The normalized spacial score (nSPS) is 18.6. The van der Waals surface area contributed by atoms with Crippen molar-refractivity contribution in [2.75, 3.05) is 25.0 Å². The number of nitrogens with one attached hydrogen (secondary N) is 2. The van der Waals surface area contributed by atoms with E-state index >= 15 is 0 Å². The first-order chi connectivity index (χ1) is 13.9. The van der Waals surface area contributed by atoms with Gasteiger partial charge in [-0.2, -0.15) is 0 Å². The van der Waals surface area contributed by atoms with Crippen LogP contribution in [-0.4, -0.2) is 36.5 Å². The maximum Gasteiger partial charge on any atom is 0.319 e. The molecule has 29 heavy (non-hydrogen) atoms. The lowest BCUT2D eigenvalue weighted by Crippen LogP contribution is -2.54. The summed E-state index contributed by atoms with van der Waals surface area (Å²) in [5.74, 6) is -0.386. The molecular weight excluding hydrogens is 371 g/mol. The molecule has 0 saturated carbocycles. The van der Waals surface area contributed by atoms with Crippen molar-refractivity contribution in [1.82, 2.24) is 10.2 Å². The number of halogens is 1. The van der Waals surface area contributed by atoms with Gasteiger partial charge < -0.3 is 21.3 Å². The van der Waals surface area contributed by atoms with Gasteiger partial charge >= 0.3 is 6.03 Å². The topological polar surface area (TPSA) is 87.5 Å². The summed E-state index contributed by atoms with van der Waals surface area (Å²) in [6.07, 6.45) is 1.77. The third-order valence-corrected chi connectivity index (χ3v) is 5.26. The fraction of sp³-hybridized carbons (Fsp3) is 0.364. The highest BCUT2D eigenvalue weighted by Crippen LogP contribution is 2.24. The summed E-state index contributed by atoms with van der Waals surface area (Å²) in [5.41, 5.74) is 6.46. The van der Waals surface area contributed by atoms with Gasteiger partial charge in [0.2, 0.25) is 5.91 Å². The molecule has 7 heteroatoms. The molecule has 1 saturated heterocycles. The van der Waals surface area contributed by atoms with Crippen LogP contribution in [0, 0.1) is 11.7 Å². The maximum atomic E-state index is 13.2. The van der Waals surface area contributed by atoms with Crippen LogP contribution < -0.4 is 16.4 Å². The zero-order valence-corrected chi connectivity index (χ0v) is 16.5. The standard InChI is InChI=1S/C22H27FN4O2/c1-22(24,17-8-3-2-4-9-17)20(28)27-12-6-7-16(15-27)14-25-21(29)26-19-11-5-10-18(23)13-19/h2-5,8-11,13,16H,6-7,12,14-15,24H2,1H3,(H2,25,26,29). The van der Waals surface area contributed by atoms with Crippen LogP contribution in [0.1, 0.15) is 25.3 Å². The average molecular weight is 398 g/mol. The van der Waals surface area contributed by atoms with Gasteiger partial charge in [-0.1, -0.05) is 36.4 Å². The predicted molar refractivity (Wildman–Crippen MR) is 111 cm³/mol. The summed E-state index contributed by atoms with van der Waals surface area (Å²) in [6, 6.07) is 14.7. The number of rotatable bonds is 5. The summed E-state index contributed by atoms with van der Waals surface area (Å²) < 4.78 is 13.2. The van der Waals surface area contributed by atoms with E-state index in [0.717, 1.165) is 18.4 Å². The van der Waals surface area contributed by atoms with Gasteiger partial charge in [-0.05, 0) is 49.4 Å². The number of carbonyl (C=O) groups excluding carboxylic acids is 2. The van der Waals surface area contributed by atoms with Crippen molar-refractivity contribution in [3.63, 3.8) is 0 Å². The van der Waals surface area contributed by atoms with Gasteiger partial charge in [0.15, 0.2) is 0 Å². The minimum absolute atomic E-state index is 0.113. The zero-order chi connectivity index (χ0) is 20.9. The second kappa shape index (κ2) is 9.05. The molecule has 0 spiro atoms.